The van der Waals surface area contributed by atoms with Crippen LogP contribution in [0.15, 0.2) is 0 Å². The Bertz CT molecular complexity index is 143. The lowest BCUT2D eigenvalue weighted by atomic mass is 10.0. The van der Waals surface area contributed by atoms with E-state index in [0.29, 0.717) is 5.92 Å². The highest BCUT2D eigenvalue weighted by atomic mass is 16.3. The summed E-state index contributed by atoms with van der Waals surface area (Å²) in [7, 11) is 0. The van der Waals surface area contributed by atoms with Crippen LogP contribution in [0, 0.1) is 5.92 Å². The van der Waals surface area contributed by atoms with Crippen LogP contribution in [0.25, 0.3) is 0 Å². The zero-order valence-corrected chi connectivity index (χ0v) is 9.16. The first-order chi connectivity index (χ1) is 6.19. The molecule has 0 spiro atoms. The molecule has 1 aliphatic rings. The third-order valence-electron chi connectivity index (χ3n) is 3.40. The second-order valence-electron chi connectivity index (χ2n) is 4.25. The van der Waals surface area contributed by atoms with Crippen LogP contribution in [0.1, 0.15) is 40.0 Å². The molecule has 0 aromatic heterocycles. The van der Waals surface area contributed by atoms with Gasteiger partial charge in [-0.15, -0.1) is 0 Å². The van der Waals surface area contributed by atoms with Gasteiger partial charge in [0, 0.05) is 12.6 Å². The van der Waals surface area contributed by atoms with Crippen molar-refractivity contribution in [2.45, 2.75) is 52.2 Å². The van der Waals surface area contributed by atoms with Crippen LogP contribution >= 0.6 is 0 Å². The first-order valence-corrected chi connectivity index (χ1v) is 5.61. The van der Waals surface area contributed by atoms with Gasteiger partial charge in [-0.05, 0) is 38.6 Å². The smallest absolute Gasteiger partial charge is 0.0552 e. The average molecular weight is 185 g/mol. The Hall–Kier alpha value is -0.0800. The van der Waals surface area contributed by atoms with E-state index in [-0.39, 0.29) is 6.10 Å². The van der Waals surface area contributed by atoms with Gasteiger partial charge in [-0.25, -0.2) is 0 Å². The molecule has 1 N–H and O–H groups in total. The fraction of sp³-hybridized carbons (Fsp3) is 1.00. The van der Waals surface area contributed by atoms with Crippen molar-refractivity contribution in [3.05, 3.63) is 0 Å². The molecule has 0 amide bonds. The van der Waals surface area contributed by atoms with E-state index in [1.165, 1.54) is 25.8 Å². The van der Waals surface area contributed by atoms with Gasteiger partial charge in [-0.2, -0.15) is 0 Å². The van der Waals surface area contributed by atoms with E-state index < -0.39 is 0 Å². The third-order valence-corrected chi connectivity index (χ3v) is 3.40. The molecule has 0 aromatic rings. The molecule has 13 heavy (non-hydrogen) atoms. The van der Waals surface area contributed by atoms with Gasteiger partial charge in [0.05, 0.1) is 6.10 Å². The average Bonchev–Trinajstić information content (AvgIpc) is 2.56. The second kappa shape index (κ2) is 4.97. The number of rotatable bonds is 4. The summed E-state index contributed by atoms with van der Waals surface area (Å²) in [5, 5.41) is 9.47. The van der Waals surface area contributed by atoms with E-state index in [4.69, 9.17) is 0 Å². The fourth-order valence-electron chi connectivity index (χ4n) is 2.35. The number of hydrogen-bond donors (Lipinski definition) is 1. The molecule has 0 aromatic carbocycles. The number of aliphatic hydroxyl groups is 1. The van der Waals surface area contributed by atoms with Gasteiger partial charge in [-0.3, -0.25) is 0 Å². The van der Waals surface area contributed by atoms with Crippen molar-refractivity contribution < 1.29 is 5.11 Å². The predicted molar refractivity (Wildman–Crippen MR) is 55.7 cm³/mol. The van der Waals surface area contributed by atoms with E-state index >= 15 is 0 Å². The van der Waals surface area contributed by atoms with E-state index in [9.17, 15) is 5.11 Å². The van der Waals surface area contributed by atoms with Crippen molar-refractivity contribution in [3.8, 4) is 0 Å². The van der Waals surface area contributed by atoms with Crippen LogP contribution in [0.2, 0.25) is 0 Å². The van der Waals surface area contributed by atoms with Crippen molar-refractivity contribution >= 4 is 0 Å². The molecule has 1 rings (SSSR count). The normalized spacial score (nSPS) is 27.0. The summed E-state index contributed by atoms with van der Waals surface area (Å²) in [6.45, 7) is 8.71. The van der Waals surface area contributed by atoms with Gasteiger partial charge in [-0.1, -0.05) is 13.8 Å². The lowest BCUT2D eigenvalue weighted by Gasteiger charge is -2.26. The topological polar surface area (TPSA) is 23.5 Å². The standard InChI is InChI=1S/C11H23NO/c1-4-11(5-2)12-7-6-10(8-12)9(3)13/h9-11,13H,4-8H2,1-3H3. The Labute approximate surface area is 81.9 Å². The van der Waals surface area contributed by atoms with Crippen molar-refractivity contribution in [3.63, 3.8) is 0 Å². The Balaban J connectivity index is 2.39. The van der Waals surface area contributed by atoms with Crippen LogP contribution < -0.4 is 0 Å². The lowest BCUT2D eigenvalue weighted by molar-refractivity contribution is 0.121. The molecular formula is C11H23NO. The third kappa shape index (κ3) is 2.68. The Morgan fingerprint density at radius 2 is 2.00 bits per heavy atom. The van der Waals surface area contributed by atoms with Gasteiger partial charge in [0.15, 0.2) is 0 Å². The van der Waals surface area contributed by atoms with Gasteiger partial charge in [0.1, 0.15) is 0 Å². The highest BCUT2D eigenvalue weighted by molar-refractivity contribution is 4.82. The highest BCUT2D eigenvalue weighted by Gasteiger charge is 2.28. The minimum Gasteiger partial charge on any atom is -0.393 e. The molecule has 1 saturated heterocycles. The SMILES string of the molecule is CCC(CC)N1CCC(C(C)O)C1. The number of hydrogen-bond acceptors (Lipinski definition) is 2. The number of likely N-dealkylation sites (tertiary alicyclic amines) is 1. The van der Waals surface area contributed by atoms with Gasteiger partial charge in [0.2, 0.25) is 0 Å². The van der Waals surface area contributed by atoms with Crippen LogP contribution in [-0.2, 0) is 0 Å². The van der Waals surface area contributed by atoms with Gasteiger partial charge in [0.25, 0.3) is 0 Å². The fourth-order valence-corrected chi connectivity index (χ4v) is 2.35. The summed E-state index contributed by atoms with van der Waals surface area (Å²) in [5.41, 5.74) is 0. The molecule has 78 valence electrons. The summed E-state index contributed by atoms with van der Waals surface area (Å²) in [6.07, 6.45) is 3.53. The van der Waals surface area contributed by atoms with E-state index in [1.807, 2.05) is 6.92 Å². The maximum Gasteiger partial charge on any atom is 0.0552 e. The predicted octanol–water partition coefficient (Wildman–Crippen LogP) is 1.88. The molecule has 0 aliphatic carbocycles. The molecule has 1 aliphatic heterocycles. The molecule has 2 unspecified atom stereocenters. The summed E-state index contributed by atoms with van der Waals surface area (Å²) in [5.74, 6) is 0.514. The summed E-state index contributed by atoms with van der Waals surface area (Å²) in [4.78, 5) is 2.54. The molecule has 1 heterocycles. The number of nitrogens with zero attached hydrogens (tertiary/aromatic N) is 1. The molecule has 1 fully saturated rings. The summed E-state index contributed by atoms with van der Waals surface area (Å²) < 4.78 is 0. The molecule has 0 bridgehead atoms. The van der Waals surface area contributed by atoms with Crippen LogP contribution in [-0.4, -0.2) is 35.2 Å². The van der Waals surface area contributed by atoms with E-state index in [0.717, 1.165) is 12.6 Å². The molecular weight excluding hydrogens is 162 g/mol. The zero-order valence-electron chi connectivity index (χ0n) is 9.16. The van der Waals surface area contributed by atoms with Crippen molar-refractivity contribution in [1.82, 2.24) is 4.90 Å². The number of aliphatic hydroxyl groups excluding tert-OH is 1. The van der Waals surface area contributed by atoms with Crippen LogP contribution in [0.3, 0.4) is 0 Å². The van der Waals surface area contributed by atoms with Crippen LogP contribution in [0.4, 0.5) is 0 Å². The van der Waals surface area contributed by atoms with Gasteiger partial charge < -0.3 is 10.0 Å². The molecule has 2 heteroatoms. The zero-order chi connectivity index (χ0) is 9.84. The molecule has 0 saturated carbocycles. The first-order valence-electron chi connectivity index (χ1n) is 5.61. The van der Waals surface area contributed by atoms with E-state index in [1.54, 1.807) is 0 Å². The van der Waals surface area contributed by atoms with Crippen molar-refractivity contribution in [1.29, 1.82) is 0 Å². The first kappa shape index (κ1) is 11.0. The maximum atomic E-state index is 9.47. The minimum absolute atomic E-state index is 0.126. The Morgan fingerprint density at radius 1 is 1.38 bits per heavy atom. The largest absolute Gasteiger partial charge is 0.393 e. The molecule has 2 nitrogen and oxygen atoms in total. The quantitative estimate of drug-likeness (QED) is 0.723. The lowest BCUT2D eigenvalue weighted by Crippen LogP contribution is -2.33. The molecule has 0 radical (unpaired) electrons. The summed E-state index contributed by atoms with van der Waals surface area (Å²) in [6, 6.07) is 0.740. The van der Waals surface area contributed by atoms with Crippen molar-refractivity contribution in [2.75, 3.05) is 13.1 Å². The molecule has 2 atom stereocenters. The van der Waals surface area contributed by atoms with E-state index in [2.05, 4.69) is 18.7 Å². The van der Waals surface area contributed by atoms with Crippen LogP contribution in [0.5, 0.6) is 0 Å². The Morgan fingerprint density at radius 3 is 2.38 bits per heavy atom. The Kier molecular flexibility index (Phi) is 4.20. The maximum absolute atomic E-state index is 9.47. The monoisotopic (exact) mass is 185 g/mol. The second-order valence-corrected chi connectivity index (χ2v) is 4.25. The highest BCUT2D eigenvalue weighted by Crippen LogP contribution is 2.23. The van der Waals surface area contributed by atoms with Crippen molar-refractivity contribution in [2.24, 2.45) is 5.92 Å². The summed E-state index contributed by atoms with van der Waals surface area (Å²) >= 11 is 0. The minimum atomic E-state index is -0.126. The van der Waals surface area contributed by atoms with Gasteiger partial charge >= 0.3 is 0 Å².